The first-order valence-electron chi connectivity index (χ1n) is 7.96. The Morgan fingerprint density at radius 3 is 1.68 bits per heavy atom. The van der Waals surface area contributed by atoms with Crippen LogP contribution in [0.25, 0.3) is 0 Å². The predicted molar refractivity (Wildman–Crippen MR) is 86.8 cm³/mol. The van der Waals surface area contributed by atoms with Crippen LogP contribution in [0, 0.1) is 0 Å². The zero-order chi connectivity index (χ0) is 19.7. The minimum absolute atomic E-state index is 0.00815. The first-order chi connectivity index (χ1) is 11.4. The van der Waals surface area contributed by atoms with Gasteiger partial charge in [0, 0.05) is 24.8 Å². The third-order valence-electron chi connectivity index (χ3n) is 3.41. The molecule has 0 aromatic heterocycles. The molecule has 0 heterocycles. The van der Waals surface area contributed by atoms with Crippen molar-refractivity contribution < 1.29 is 39.2 Å². The van der Waals surface area contributed by atoms with Gasteiger partial charge < -0.3 is 25.4 Å². The molecule has 9 heteroatoms. The van der Waals surface area contributed by atoms with Crippen LogP contribution in [0.4, 0.5) is 0 Å². The van der Waals surface area contributed by atoms with Crippen molar-refractivity contribution in [1.82, 2.24) is 5.32 Å². The second-order valence-electron chi connectivity index (χ2n) is 6.86. The summed E-state index contributed by atoms with van der Waals surface area (Å²) in [5.74, 6) is -3.54. The Labute approximate surface area is 146 Å². The number of carboxylic acids is 2. The average molecular weight is 361 g/mol. The van der Waals surface area contributed by atoms with Gasteiger partial charge in [-0.3, -0.25) is 19.2 Å². The first kappa shape index (κ1) is 22.8. The van der Waals surface area contributed by atoms with Gasteiger partial charge in [-0.2, -0.15) is 0 Å². The predicted octanol–water partition coefficient (Wildman–Crippen LogP) is 0.685. The molecule has 4 N–H and O–H groups in total. The van der Waals surface area contributed by atoms with E-state index in [4.69, 9.17) is 20.1 Å². The normalized spacial score (nSPS) is 11.7. The lowest BCUT2D eigenvalue weighted by atomic mass is 9.83. The smallest absolute Gasteiger partial charge is 0.306 e. The Kier molecular flexibility index (Phi) is 9.11. The van der Waals surface area contributed by atoms with E-state index in [1.54, 1.807) is 20.8 Å². The van der Waals surface area contributed by atoms with Crippen molar-refractivity contribution in [3.05, 3.63) is 0 Å². The summed E-state index contributed by atoms with van der Waals surface area (Å²) < 4.78 is 5.18. The molecule has 0 rings (SSSR count). The molecule has 0 spiro atoms. The highest BCUT2D eigenvalue weighted by atomic mass is 16.6. The van der Waals surface area contributed by atoms with Gasteiger partial charge in [-0.15, -0.1) is 0 Å². The quantitative estimate of drug-likeness (QED) is 0.392. The van der Waals surface area contributed by atoms with Gasteiger partial charge in [0.1, 0.15) is 12.2 Å². The van der Waals surface area contributed by atoms with Crippen molar-refractivity contribution in [2.24, 2.45) is 0 Å². The van der Waals surface area contributed by atoms with Crippen LogP contribution in [0.15, 0.2) is 0 Å². The van der Waals surface area contributed by atoms with Crippen LogP contribution in [0.1, 0.15) is 59.3 Å². The maximum absolute atomic E-state index is 11.9. The Morgan fingerprint density at radius 2 is 1.32 bits per heavy atom. The molecule has 0 bridgehead atoms. The van der Waals surface area contributed by atoms with Gasteiger partial charge in [-0.05, 0) is 40.0 Å². The highest BCUT2D eigenvalue weighted by Gasteiger charge is 2.34. The van der Waals surface area contributed by atoms with Gasteiger partial charge in [-0.25, -0.2) is 0 Å². The summed E-state index contributed by atoms with van der Waals surface area (Å²) in [5, 5.41) is 29.2. The van der Waals surface area contributed by atoms with Crippen molar-refractivity contribution in [2.75, 3.05) is 6.61 Å². The summed E-state index contributed by atoms with van der Waals surface area (Å²) in [6, 6.07) is 0. The van der Waals surface area contributed by atoms with E-state index in [-0.39, 0.29) is 38.5 Å². The van der Waals surface area contributed by atoms with Crippen molar-refractivity contribution in [1.29, 1.82) is 0 Å². The van der Waals surface area contributed by atoms with Crippen LogP contribution >= 0.6 is 0 Å². The fourth-order valence-electron chi connectivity index (χ4n) is 2.32. The van der Waals surface area contributed by atoms with Crippen LogP contribution in [0.5, 0.6) is 0 Å². The van der Waals surface area contributed by atoms with Gasteiger partial charge in [0.25, 0.3) is 0 Å². The lowest BCUT2D eigenvalue weighted by Gasteiger charge is -2.34. The molecule has 25 heavy (non-hydrogen) atoms. The monoisotopic (exact) mass is 361 g/mol. The van der Waals surface area contributed by atoms with Gasteiger partial charge in [0.05, 0.1) is 0 Å². The fraction of sp³-hybridized carbons (Fsp3) is 0.750. The molecule has 0 aliphatic heterocycles. The topological polar surface area (TPSA) is 150 Å². The lowest BCUT2D eigenvalue weighted by Crippen LogP contribution is -2.50. The number of aliphatic hydroxyl groups excluding tert-OH is 1. The third-order valence-corrected chi connectivity index (χ3v) is 3.41. The molecule has 0 aliphatic carbocycles. The lowest BCUT2D eigenvalue weighted by molar-refractivity contribution is -0.155. The molecule has 0 unspecified atom stereocenters. The highest BCUT2D eigenvalue weighted by molar-refractivity contribution is 5.78. The number of aliphatic carboxylic acids is 2. The number of carbonyl (C=O) groups excluding carboxylic acids is 2. The van der Waals surface area contributed by atoms with Gasteiger partial charge in [-0.1, -0.05) is 0 Å². The minimum atomic E-state index is -1.23. The van der Waals surface area contributed by atoms with E-state index in [2.05, 4.69) is 5.32 Å². The number of aliphatic hydroxyl groups is 1. The van der Waals surface area contributed by atoms with Crippen LogP contribution in [0.2, 0.25) is 0 Å². The molecule has 0 saturated carbocycles. The van der Waals surface area contributed by atoms with E-state index in [1.165, 1.54) is 0 Å². The van der Waals surface area contributed by atoms with Crippen LogP contribution in [-0.4, -0.2) is 56.9 Å². The van der Waals surface area contributed by atoms with Crippen LogP contribution in [0.3, 0.4) is 0 Å². The molecule has 1 amide bonds. The molecule has 9 nitrogen and oxygen atoms in total. The summed E-state index contributed by atoms with van der Waals surface area (Å²) in [4.78, 5) is 45.3. The Hall–Kier alpha value is -2.16. The van der Waals surface area contributed by atoms with E-state index in [9.17, 15) is 19.2 Å². The van der Waals surface area contributed by atoms with E-state index in [1.807, 2.05) is 0 Å². The summed E-state index contributed by atoms with van der Waals surface area (Å²) in [6.07, 6.45) is -0.885. The molecule has 144 valence electrons. The molecule has 0 atom stereocenters. The molecule has 0 saturated heterocycles. The highest BCUT2D eigenvalue weighted by Crippen LogP contribution is 2.27. The maximum Gasteiger partial charge on any atom is 0.306 e. The van der Waals surface area contributed by atoms with E-state index in [0.717, 1.165) is 0 Å². The molecular formula is C16H27NO8. The van der Waals surface area contributed by atoms with Gasteiger partial charge in [0.2, 0.25) is 5.91 Å². The maximum atomic E-state index is 11.9. The second-order valence-corrected chi connectivity index (χ2v) is 6.86. The molecule has 0 aromatic carbocycles. The number of carbonyl (C=O) groups is 4. The number of amides is 1. The van der Waals surface area contributed by atoms with Crippen molar-refractivity contribution in [3.8, 4) is 0 Å². The van der Waals surface area contributed by atoms with E-state index >= 15 is 0 Å². The number of carboxylic acid groups (broad SMARTS) is 2. The molecule has 0 aliphatic rings. The molecule has 0 fully saturated rings. The Balaban J connectivity index is 5.24. The zero-order valence-electron chi connectivity index (χ0n) is 14.8. The van der Waals surface area contributed by atoms with E-state index in [0.29, 0.717) is 0 Å². The second kappa shape index (κ2) is 9.97. The first-order valence-corrected chi connectivity index (χ1v) is 7.96. The number of hydrogen-bond acceptors (Lipinski definition) is 6. The van der Waals surface area contributed by atoms with Crippen LogP contribution < -0.4 is 5.32 Å². The Bertz CT molecular complexity index is 477. The summed E-state index contributed by atoms with van der Waals surface area (Å²) in [7, 11) is 0. The Morgan fingerprint density at radius 1 is 0.880 bits per heavy atom. The number of nitrogens with one attached hydrogen (secondary N) is 1. The van der Waals surface area contributed by atoms with E-state index < -0.39 is 41.6 Å². The van der Waals surface area contributed by atoms with Gasteiger partial charge >= 0.3 is 17.9 Å². The number of esters is 1. The summed E-state index contributed by atoms with van der Waals surface area (Å²) in [5.41, 5.74) is -1.93. The van der Waals surface area contributed by atoms with Crippen molar-refractivity contribution in [2.45, 2.75) is 70.4 Å². The molecule has 0 aromatic rings. The minimum Gasteiger partial charge on any atom is -0.481 e. The summed E-state index contributed by atoms with van der Waals surface area (Å²) in [6.45, 7) is 4.26. The zero-order valence-corrected chi connectivity index (χ0v) is 14.8. The molecule has 0 radical (unpaired) electrons. The number of rotatable bonds is 11. The van der Waals surface area contributed by atoms with Gasteiger partial charge in [0.15, 0.2) is 0 Å². The standard InChI is InChI=1S/C16H27NO8/c1-15(2,3)25-14(24)6-9-16(7-4-12(20)21,8-5-13(22)23)17-11(19)10-18/h18H,4-10H2,1-3H3,(H,17,19)(H,20,21)(H,22,23). The molecular weight excluding hydrogens is 334 g/mol. The van der Waals surface area contributed by atoms with Crippen LogP contribution in [-0.2, 0) is 23.9 Å². The number of hydrogen-bond donors (Lipinski definition) is 4. The number of ether oxygens (including phenoxy) is 1. The SMILES string of the molecule is CC(C)(C)OC(=O)CCC(CCC(=O)O)(CCC(=O)O)NC(=O)CO. The fourth-order valence-corrected chi connectivity index (χ4v) is 2.32. The van der Waals surface area contributed by atoms with Crippen molar-refractivity contribution in [3.63, 3.8) is 0 Å². The largest absolute Gasteiger partial charge is 0.481 e. The van der Waals surface area contributed by atoms with Crippen molar-refractivity contribution >= 4 is 23.8 Å². The summed E-state index contributed by atoms with van der Waals surface area (Å²) >= 11 is 0. The third kappa shape index (κ3) is 11.1. The average Bonchev–Trinajstić information content (AvgIpc) is 2.46.